The monoisotopic (exact) mass is 332 g/mol. The molecular formula is C6H5IS4. The van der Waals surface area contributed by atoms with Crippen LogP contribution in [0.15, 0.2) is 19.3 Å². The summed E-state index contributed by atoms with van der Waals surface area (Å²) in [6, 6.07) is 0. The zero-order chi connectivity index (χ0) is 7.68. The Morgan fingerprint density at radius 2 is 2.00 bits per heavy atom. The predicted octanol–water partition coefficient (Wildman–Crippen LogP) is 4.31. The van der Waals surface area contributed by atoms with Crippen LogP contribution in [-0.2, 0) is 0 Å². The molecular weight excluding hydrogens is 327 g/mol. The number of thioether (sulfide) groups is 4. The molecule has 0 amide bonds. The molecule has 11 heavy (non-hydrogen) atoms. The lowest BCUT2D eigenvalue weighted by molar-refractivity contribution is 1.54. The topological polar surface area (TPSA) is 0 Å². The molecule has 2 rings (SSSR count). The molecule has 0 aromatic heterocycles. The molecule has 2 aliphatic heterocycles. The van der Waals surface area contributed by atoms with E-state index < -0.39 is 0 Å². The summed E-state index contributed by atoms with van der Waals surface area (Å²) in [7, 11) is 0. The van der Waals surface area contributed by atoms with E-state index >= 15 is 0 Å². The summed E-state index contributed by atoms with van der Waals surface area (Å²) in [6.07, 6.45) is 0. The van der Waals surface area contributed by atoms with Crippen molar-refractivity contribution in [1.29, 1.82) is 0 Å². The van der Waals surface area contributed by atoms with Gasteiger partial charge in [0.2, 0.25) is 0 Å². The van der Waals surface area contributed by atoms with Gasteiger partial charge in [-0.25, -0.2) is 0 Å². The van der Waals surface area contributed by atoms with Crippen LogP contribution in [0.3, 0.4) is 0 Å². The Labute approximate surface area is 96.9 Å². The maximum absolute atomic E-state index is 2.50. The van der Waals surface area contributed by atoms with Gasteiger partial charge in [-0.15, -0.1) is 23.5 Å². The van der Waals surface area contributed by atoms with Crippen molar-refractivity contribution in [2.24, 2.45) is 0 Å². The molecule has 5 heteroatoms. The molecule has 2 aliphatic rings. The third-order valence-electron chi connectivity index (χ3n) is 1.15. The van der Waals surface area contributed by atoms with Crippen LogP contribution in [0, 0.1) is 0 Å². The Bertz CT molecular complexity index is 213. The van der Waals surface area contributed by atoms with Gasteiger partial charge in [-0.05, 0) is 10.8 Å². The highest BCUT2D eigenvalue weighted by Crippen LogP contribution is 2.53. The fourth-order valence-corrected chi connectivity index (χ4v) is 7.24. The van der Waals surface area contributed by atoms with Gasteiger partial charge in [-0.1, -0.05) is 46.1 Å². The molecule has 1 fully saturated rings. The zero-order valence-corrected chi connectivity index (χ0v) is 10.9. The van der Waals surface area contributed by atoms with Gasteiger partial charge >= 0.3 is 0 Å². The standard InChI is InChI=1S/C6H5IS4/c7-4-3-10-6(11-4)5-8-1-2-9-5/h1-2,4H,3H2. The summed E-state index contributed by atoms with van der Waals surface area (Å²) >= 11 is 10.2. The third kappa shape index (κ3) is 2.30. The fraction of sp³-hybridized carbons (Fsp3) is 0.333. The van der Waals surface area contributed by atoms with Gasteiger partial charge in [0.1, 0.15) is 0 Å². The van der Waals surface area contributed by atoms with Gasteiger partial charge in [0, 0.05) is 5.75 Å². The summed E-state index contributed by atoms with van der Waals surface area (Å²) < 4.78 is 3.80. The lowest BCUT2D eigenvalue weighted by Gasteiger charge is -1.98. The summed E-state index contributed by atoms with van der Waals surface area (Å²) in [6.45, 7) is 0. The second-order valence-electron chi connectivity index (χ2n) is 1.92. The van der Waals surface area contributed by atoms with E-state index in [1.807, 2.05) is 47.0 Å². The molecule has 1 saturated heterocycles. The second-order valence-corrected chi connectivity index (χ2v) is 8.86. The molecule has 0 radical (unpaired) electrons. The number of hydrogen-bond donors (Lipinski definition) is 0. The average Bonchev–Trinajstić information content (AvgIpc) is 2.55. The van der Waals surface area contributed by atoms with E-state index in [0.717, 1.165) is 3.26 Å². The molecule has 0 aliphatic carbocycles. The molecule has 0 bridgehead atoms. The van der Waals surface area contributed by atoms with E-state index in [1.54, 1.807) is 0 Å². The van der Waals surface area contributed by atoms with Gasteiger partial charge in [0.05, 0.1) is 11.7 Å². The SMILES string of the molecule is IC1CSC(=C2SC=CS2)S1. The molecule has 0 saturated carbocycles. The number of alkyl halides is 1. The molecule has 0 aromatic carbocycles. The summed E-state index contributed by atoms with van der Waals surface area (Å²) in [4.78, 5) is 0. The van der Waals surface area contributed by atoms with Crippen LogP contribution >= 0.6 is 69.6 Å². The Kier molecular flexibility index (Phi) is 3.52. The maximum atomic E-state index is 2.50. The first kappa shape index (κ1) is 9.18. The Morgan fingerprint density at radius 3 is 2.55 bits per heavy atom. The first-order chi connectivity index (χ1) is 5.36. The minimum Gasteiger partial charge on any atom is -0.116 e. The average molecular weight is 332 g/mol. The van der Waals surface area contributed by atoms with Crippen molar-refractivity contribution < 1.29 is 0 Å². The van der Waals surface area contributed by atoms with Crippen molar-refractivity contribution in [2.75, 3.05) is 5.75 Å². The first-order valence-corrected chi connectivity index (χ1v) is 7.89. The van der Waals surface area contributed by atoms with Crippen LogP contribution in [0.2, 0.25) is 0 Å². The maximum Gasteiger partial charge on any atom is 0.0711 e. The fourth-order valence-electron chi connectivity index (χ4n) is 0.736. The summed E-state index contributed by atoms with van der Waals surface area (Å²) in [5.74, 6) is 1.27. The Hall–Kier alpha value is 1.61. The van der Waals surface area contributed by atoms with E-state index in [-0.39, 0.29) is 0 Å². The number of rotatable bonds is 0. The van der Waals surface area contributed by atoms with E-state index in [9.17, 15) is 0 Å². The molecule has 1 unspecified atom stereocenters. The van der Waals surface area contributed by atoms with Crippen LogP contribution in [0.25, 0.3) is 0 Å². The van der Waals surface area contributed by atoms with Crippen molar-refractivity contribution in [1.82, 2.24) is 0 Å². The van der Waals surface area contributed by atoms with E-state index in [1.165, 1.54) is 14.2 Å². The molecule has 1 atom stereocenters. The molecule has 60 valence electrons. The van der Waals surface area contributed by atoms with Crippen LogP contribution in [0.1, 0.15) is 0 Å². The van der Waals surface area contributed by atoms with E-state index in [4.69, 9.17) is 0 Å². The largest absolute Gasteiger partial charge is 0.116 e. The lowest BCUT2D eigenvalue weighted by Crippen LogP contribution is -1.82. The predicted molar refractivity (Wildman–Crippen MR) is 69.2 cm³/mol. The van der Waals surface area contributed by atoms with Crippen LogP contribution in [0.5, 0.6) is 0 Å². The highest BCUT2D eigenvalue weighted by atomic mass is 127. The molecule has 0 aromatic rings. The highest BCUT2D eigenvalue weighted by molar-refractivity contribution is 14.1. The summed E-state index contributed by atoms with van der Waals surface area (Å²) in [5, 5.41) is 4.32. The smallest absolute Gasteiger partial charge is 0.0711 e. The minimum absolute atomic E-state index is 0.780. The van der Waals surface area contributed by atoms with Crippen molar-refractivity contribution in [3.8, 4) is 0 Å². The van der Waals surface area contributed by atoms with Crippen molar-refractivity contribution in [3.63, 3.8) is 0 Å². The van der Waals surface area contributed by atoms with Crippen LogP contribution in [-0.4, -0.2) is 9.01 Å². The van der Waals surface area contributed by atoms with Crippen molar-refractivity contribution in [2.45, 2.75) is 3.26 Å². The van der Waals surface area contributed by atoms with Gasteiger partial charge in [-0.2, -0.15) is 0 Å². The molecule has 0 nitrogen and oxygen atoms in total. The number of halogens is 1. The quantitative estimate of drug-likeness (QED) is 0.479. The third-order valence-corrected chi connectivity index (χ3v) is 8.26. The van der Waals surface area contributed by atoms with E-state index in [0.29, 0.717) is 0 Å². The van der Waals surface area contributed by atoms with Crippen molar-refractivity contribution >= 4 is 69.6 Å². The van der Waals surface area contributed by atoms with Gasteiger partial charge in [0.25, 0.3) is 0 Å². The molecule has 0 N–H and O–H groups in total. The van der Waals surface area contributed by atoms with Gasteiger partial charge < -0.3 is 0 Å². The zero-order valence-electron chi connectivity index (χ0n) is 5.45. The Balaban J connectivity index is 2.09. The van der Waals surface area contributed by atoms with Crippen LogP contribution < -0.4 is 0 Å². The van der Waals surface area contributed by atoms with Gasteiger partial charge in [-0.3, -0.25) is 0 Å². The second kappa shape index (κ2) is 4.21. The normalized spacial score (nSPS) is 30.5. The molecule has 2 heterocycles. The summed E-state index contributed by atoms with van der Waals surface area (Å²) in [5.41, 5.74) is 0. The van der Waals surface area contributed by atoms with E-state index in [2.05, 4.69) is 33.4 Å². The van der Waals surface area contributed by atoms with Crippen LogP contribution in [0.4, 0.5) is 0 Å². The highest BCUT2D eigenvalue weighted by Gasteiger charge is 2.22. The lowest BCUT2D eigenvalue weighted by atomic mass is 11.0. The molecule has 0 spiro atoms. The minimum atomic E-state index is 0.780. The number of hydrogen-bond acceptors (Lipinski definition) is 4. The Morgan fingerprint density at radius 1 is 1.27 bits per heavy atom. The van der Waals surface area contributed by atoms with Gasteiger partial charge in [0.15, 0.2) is 0 Å². The van der Waals surface area contributed by atoms with Crippen molar-refractivity contribution in [3.05, 3.63) is 19.3 Å². The first-order valence-electron chi connectivity index (χ1n) is 3.02.